The molecule has 0 spiro atoms. The van der Waals surface area contributed by atoms with Crippen LogP contribution in [0, 0.1) is 0 Å². The number of hydrogen-bond acceptors (Lipinski definition) is 1. The third-order valence-corrected chi connectivity index (χ3v) is 6.40. The highest BCUT2D eigenvalue weighted by Crippen LogP contribution is 2.47. The quantitative estimate of drug-likeness (QED) is 0.377. The van der Waals surface area contributed by atoms with E-state index < -0.39 is 0 Å². The molecule has 1 aliphatic rings. The Labute approximate surface area is 171 Å². The summed E-state index contributed by atoms with van der Waals surface area (Å²) in [6, 6.07) is 17.6. The topological polar surface area (TPSA) is 9.23 Å². The van der Waals surface area contributed by atoms with Crippen LogP contribution in [-0.4, -0.2) is 12.7 Å². The van der Waals surface area contributed by atoms with Gasteiger partial charge in [-0.1, -0.05) is 95.6 Å². The maximum Gasteiger partial charge on any atom is 0.0674 e. The van der Waals surface area contributed by atoms with Gasteiger partial charge < -0.3 is 4.74 Å². The maximum atomic E-state index is 6.41. The Balaban J connectivity index is 1.98. The molecule has 1 heteroatoms. The summed E-state index contributed by atoms with van der Waals surface area (Å²) >= 11 is 0. The first-order chi connectivity index (χ1) is 13.3. The van der Waals surface area contributed by atoms with E-state index >= 15 is 0 Å². The number of benzene rings is 2. The maximum absolute atomic E-state index is 6.41. The summed E-state index contributed by atoms with van der Waals surface area (Å²) in [4.78, 5) is 0. The van der Waals surface area contributed by atoms with Crippen molar-refractivity contribution in [2.75, 3.05) is 6.61 Å². The third-order valence-electron chi connectivity index (χ3n) is 6.40. The second-order valence-electron chi connectivity index (χ2n) is 9.52. The molecule has 0 aromatic heterocycles. The first kappa shape index (κ1) is 20.9. The summed E-state index contributed by atoms with van der Waals surface area (Å²) in [5.74, 6) is 0. The molecule has 28 heavy (non-hydrogen) atoms. The largest absolute Gasteiger partial charge is 0.377 e. The molecule has 0 radical (unpaired) electrons. The SMILES string of the molecule is CCCCOC1CC(C)(C)c2ccc(C(C)=Cc3ccccc3)cc2C1(C)C. The Morgan fingerprint density at radius 2 is 1.75 bits per heavy atom. The van der Waals surface area contributed by atoms with Crippen molar-refractivity contribution < 1.29 is 4.74 Å². The molecule has 0 saturated heterocycles. The van der Waals surface area contributed by atoms with Gasteiger partial charge in [0.1, 0.15) is 0 Å². The smallest absolute Gasteiger partial charge is 0.0674 e. The van der Waals surface area contributed by atoms with Crippen LogP contribution in [0.25, 0.3) is 11.6 Å². The molecule has 3 rings (SSSR count). The molecule has 2 aromatic rings. The Bertz CT molecular complexity index is 827. The Hall–Kier alpha value is -1.86. The lowest BCUT2D eigenvalue weighted by Gasteiger charge is -2.47. The van der Waals surface area contributed by atoms with E-state index in [0.29, 0.717) is 0 Å². The van der Waals surface area contributed by atoms with Crippen LogP contribution in [-0.2, 0) is 15.6 Å². The highest BCUT2D eigenvalue weighted by atomic mass is 16.5. The van der Waals surface area contributed by atoms with Gasteiger partial charge in [-0.2, -0.15) is 0 Å². The van der Waals surface area contributed by atoms with E-state index in [1.807, 2.05) is 0 Å². The van der Waals surface area contributed by atoms with Gasteiger partial charge in [-0.05, 0) is 53.0 Å². The van der Waals surface area contributed by atoms with Crippen molar-refractivity contribution in [2.45, 2.75) is 77.7 Å². The predicted molar refractivity (Wildman–Crippen MR) is 122 cm³/mol. The molecule has 0 saturated carbocycles. The highest BCUT2D eigenvalue weighted by Gasteiger charge is 2.44. The summed E-state index contributed by atoms with van der Waals surface area (Å²) < 4.78 is 6.41. The van der Waals surface area contributed by atoms with Crippen molar-refractivity contribution in [1.29, 1.82) is 0 Å². The molecule has 0 aliphatic heterocycles. The molecule has 2 aromatic carbocycles. The lowest BCUT2D eigenvalue weighted by atomic mass is 9.61. The van der Waals surface area contributed by atoms with Crippen molar-refractivity contribution in [3.63, 3.8) is 0 Å². The van der Waals surface area contributed by atoms with Crippen LogP contribution in [0.2, 0.25) is 0 Å². The highest BCUT2D eigenvalue weighted by molar-refractivity contribution is 5.80. The molecule has 0 bridgehead atoms. The minimum Gasteiger partial charge on any atom is -0.377 e. The van der Waals surface area contributed by atoms with E-state index in [1.54, 1.807) is 0 Å². The zero-order valence-corrected chi connectivity index (χ0v) is 18.5. The van der Waals surface area contributed by atoms with Gasteiger partial charge in [0.05, 0.1) is 6.10 Å². The van der Waals surface area contributed by atoms with Gasteiger partial charge >= 0.3 is 0 Å². The lowest BCUT2D eigenvalue weighted by molar-refractivity contribution is -0.0199. The van der Waals surface area contributed by atoms with Gasteiger partial charge in [-0.25, -0.2) is 0 Å². The van der Waals surface area contributed by atoms with Gasteiger partial charge in [-0.3, -0.25) is 0 Å². The molecule has 0 fully saturated rings. The summed E-state index contributed by atoms with van der Waals surface area (Å²) in [5, 5.41) is 0. The summed E-state index contributed by atoms with van der Waals surface area (Å²) in [6.45, 7) is 14.7. The third kappa shape index (κ3) is 4.25. The molecule has 0 amide bonds. The standard InChI is InChI=1S/C27H36O/c1-7-8-16-28-25-19-26(3,4)23-15-14-22(18-24(23)27(25,5)6)20(2)17-21-12-10-9-11-13-21/h9-15,17-18,25H,7-8,16,19H2,1-6H3. The molecule has 0 heterocycles. The number of unbranched alkanes of at least 4 members (excludes halogenated alkanes) is 1. The summed E-state index contributed by atoms with van der Waals surface area (Å²) in [5.41, 5.74) is 6.93. The van der Waals surface area contributed by atoms with Crippen LogP contribution in [0.3, 0.4) is 0 Å². The van der Waals surface area contributed by atoms with E-state index in [2.05, 4.69) is 96.1 Å². The molecule has 1 atom stereocenters. The average Bonchev–Trinajstić information content (AvgIpc) is 2.66. The zero-order valence-electron chi connectivity index (χ0n) is 18.5. The van der Waals surface area contributed by atoms with Crippen molar-refractivity contribution in [1.82, 2.24) is 0 Å². The lowest BCUT2D eigenvalue weighted by Crippen LogP contribution is -2.46. The summed E-state index contributed by atoms with van der Waals surface area (Å²) in [6.07, 6.45) is 5.93. The second-order valence-corrected chi connectivity index (χ2v) is 9.52. The number of ether oxygens (including phenoxy) is 1. The van der Waals surface area contributed by atoms with Crippen molar-refractivity contribution in [3.05, 3.63) is 70.8 Å². The Morgan fingerprint density at radius 1 is 1.04 bits per heavy atom. The molecule has 1 aliphatic carbocycles. The normalized spacial score (nSPS) is 20.6. The fourth-order valence-corrected chi connectivity index (χ4v) is 4.43. The van der Waals surface area contributed by atoms with Gasteiger partial charge in [0.2, 0.25) is 0 Å². The molecule has 0 N–H and O–H groups in total. The van der Waals surface area contributed by atoms with Crippen LogP contribution < -0.4 is 0 Å². The number of hydrogen-bond donors (Lipinski definition) is 0. The zero-order chi connectivity index (χ0) is 20.4. The van der Waals surface area contributed by atoms with Crippen LogP contribution in [0.5, 0.6) is 0 Å². The minimum absolute atomic E-state index is 0.0155. The van der Waals surface area contributed by atoms with E-state index in [-0.39, 0.29) is 16.9 Å². The number of rotatable bonds is 6. The number of fused-ring (bicyclic) bond motifs is 1. The minimum atomic E-state index is 0.0155. The van der Waals surface area contributed by atoms with E-state index in [1.165, 1.54) is 34.2 Å². The predicted octanol–water partition coefficient (Wildman–Crippen LogP) is 7.39. The molecular formula is C27H36O. The monoisotopic (exact) mass is 376 g/mol. The first-order valence-electron chi connectivity index (χ1n) is 10.8. The second kappa shape index (κ2) is 8.25. The van der Waals surface area contributed by atoms with E-state index in [0.717, 1.165) is 19.4 Å². The van der Waals surface area contributed by atoms with Gasteiger partial charge in [0.15, 0.2) is 0 Å². The van der Waals surface area contributed by atoms with Crippen molar-refractivity contribution in [3.8, 4) is 0 Å². The number of allylic oxidation sites excluding steroid dienone is 1. The molecular weight excluding hydrogens is 340 g/mol. The van der Waals surface area contributed by atoms with E-state index in [9.17, 15) is 0 Å². The Morgan fingerprint density at radius 3 is 2.43 bits per heavy atom. The molecule has 1 unspecified atom stereocenters. The van der Waals surface area contributed by atoms with Gasteiger partial charge in [0, 0.05) is 12.0 Å². The van der Waals surface area contributed by atoms with Crippen LogP contribution >= 0.6 is 0 Å². The average molecular weight is 377 g/mol. The van der Waals surface area contributed by atoms with Crippen LogP contribution in [0.15, 0.2) is 48.5 Å². The van der Waals surface area contributed by atoms with Crippen LogP contribution in [0.1, 0.15) is 83.1 Å². The van der Waals surface area contributed by atoms with E-state index in [4.69, 9.17) is 4.74 Å². The summed E-state index contributed by atoms with van der Waals surface area (Å²) in [7, 11) is 0. The van der Waals surface area contributed by atoms with Crippen molar-refractivity contribution >= 4 is 11.6 Å². The fourth-order valence-electron chi connectivity index (χ4n) is 4.43. The Kier molecular flexibility index (Phi) is 6.15. The van der Waals surface area contributed by atoms with Gasteiger partial charge in [-0.15, -0.1) is 0 Å². The van der Waals surface area contributed by atoms with Gasteiger partial charge in [0.25, 0.3) is 0 Å². The molecule has 150 valence electrons. The fraction of sp³-hybridized carbons (Fsp3) is 0.481. The first-order valence-corrected chi connectivity index (χ1v) is 10.8. The van der Waals surface area contributed by atoms with Crippen molar-refractivity contribution in [2.24, 2.45) is 0 Å². The molecule has 1 nitrogen and oxygen atoms in total. The van der Waals surface area contributed by atoms with Crippen LogP contribution in [0.4, 0.5) is 0 Å².